The van der Waals surface area contributed by atoms with Crippen molar-refractivity contribution in [1.29, 1.82) is 0 Å². The molecule has 1 N–H and O–H groups in total. The Kier molecular flexibility index (Phi) is 1.80. The van der Waals surface area contributed by atoms with Gasteiger partial charge in [0, 0.05) is 5.92 Å². The topological polar surface area (TPSA) is 45.0 Å². The van der Waals surface area contributed by atoms with Gasteiger partial charge in [0.25, 0.3) is 0 Å². The molecule has 2 aliphatic rings. The van der Waals surface area contributed by atoms with Gasteiger partial charge in [0.15, 0.2) is 0 Å². The van der Waals surface area contributed by atoms with Crippen LogP contribution in [0.3, 0.4) is 0 Å². The Bertz CT molecular complexity index is 270. The van der Waals surface area contributed by atoms with Crippen molar-refractivity contribution in [2.45, 2.75) is 37.8 Å². The van der Waals surface area contributed by atoms with Crippen molar-refractivity contribution in [3.05, 3.63) is 12.2 Å². The Morgan fingerprint density at radius 3 is 2.77 bits per heavy atom. The summed E-state index contributed by atoms with van der Waals surface area (Å²) in [4.78, 5) is 0. The summed E-state index contributed by atoms with van der Waals surface area (Å²) in [5.41, 5.74) is -0.411. The van der Waals surface area contributed by atoms with Gasteiger partial charge in [-0.1, -0.05) is 12.2 Å². The molecule has 0 radical (unpaired) electrons. The molecule has 0 spiro atoms. The number of azo groups is 1. The third-order valence-corrected chi connectivity index (χ3v) is 3.29. The second-order valence-corrected chi connectivity index (χ2v) is 4.58. The van der Waals surface area contributed by atoms with Gasteiger partial charge in [-0.3, -0.25) is 0 Å². The van der Waals surface area contributed by atoms with Crippen LogP contribution in [0.15, 0.2) is 22.4 Å². The summed E-state index contributed by atoms with van der Waals surface area (Å²) >= 11 is 0. The van der Waals surface area contributed by atoms with Crippen molar-refractivity contribution in [3.8, 4) is 0 Å². The highest BCUT2D eigenvalue weighted by Gasteiger charge is 2.51. The monoisotopic (exact) mass is 180 g/mol. The number of nitrogens with zero attached hydrogens (tertiary/aromatic N) is 2. The molecule has 0 saturated heterocycles. The standard InChI is InChI=1S/C10H16N2O/c1-9(2)8-5-3-4-6-10(8,7-13)12-11-9/h3-4,8,13H,5-7H2,1-2H3/t8-,10+/m1/s1. The van der Waals surface area contributed by atoms with Gasteiger partial charge in [-0.2, -0.15) is 10.2 Å². The van der Waals surface area contributed by atoms with Gasteiger partial charge in [0.05, 0.1) is 12.1 Å². The van der Waals surface area contributed by atoms with Crippen LogP contribution < -0.4 is 0 Å². The lowest BCUT2D eigenvalue weighted by atomic mass is 9.69. The van der Waals surface area contributed by atoms with Crippen molar-refractivity contribution < 1.29 is 5.11 Å². The minimum Gasteiger partial charge on any atom is -0.394 e. The fraction of sp³-hybridized carbons (Fsp3) is 0.800. The van der Waals surface area contributed by atoms with E-state index < -0.39 is 0 Å². The Morgan fingerprint density at radius 2 is 2.15 bits per heavy atom. The summed E-state index contributed by atoms with van der Waals surface area (Å²) in [6.45, 7) is 4.31. The zero-order valence-electron chi connectivity index (χ0n) is 8.20. The molecule has 1 heterocycles. The molecular weight excluding hydrogens is 164 g/mol. The molecule has 0 amide bonds. The maximum atomic E-state index is 9.40. The van der Waals surface area contributed by atoms with Crippen molar-refractivity contribution in [1.82, 2.24) is 0 Å². The summed E-state index contributed by atoms with van der Waals surface area (Å²) in [6.07, 6.45) is 6.10. The molecule has 0 saturated carbocycles. The number of aliphatic hydroxyl groups is 1. The number of hydrogen-bond acceptors (Lipinski definition) is 3. The number of fused-ring (bicyclic) bond motifs is 1. The molecule has 2 rings (SSSR count). The van der Waals surface area contributed by atoms with E-state index in [0.717, 1.165) is 12.8 Å². The summed E-state index contributed by atoms with van der Waals surface area (Å²) in [7, 11) is 0. The van der Waals surface area contributed by atoms with Gasteiger partial charge in [-0.15, -0.1) is 0 Å². The van der Waals surface area contributed by atoms with Gasteiger partial charge in [-0.05, 0) is 26.7 Å². The van der Waals surface area contributed by atoms with Crippen LogP contribution in [0.5, 0.6) is 0 Å². The average molecular weight is 180 g/mol. The lowest BCUT2D eigenvalue weighted by Crippen LogP contribution is -2.45. The Hall–Kier alpha value is -0.700. The third kappa shape index (κ3) is 1.14. The van der Waals surface area contributed by atoms with Crippen LogP contribution in [-0.2, 0) is 0 Å². The highest BCUT2D eigenvalue weighted by molar-refractivity contribution is 5.15. The molecule has 0 unspecified atom stereocenters. The third-order valence-electron chi connectivity index (χ3n) is 3.29. The Balaban J connectivity index is 2.36. The summed E-state index contributed by atoms with van der Waals surface area (Å²) < 4.78 is 0. The number of allylic oxidation sites excluding steroid dienone is 1. The van der Waals surface area contributed by atoms with E-state index in [2.05, 4.69) is 36.2 Å². The molecule has 3 heteroatoms. The number of hydrogen-bond donors (Lipinski definition) is 1. The predicted octanol–water partition coefficient (Wildman–Crippen LogP) is 1.93. The number of rotatable bonds is 1. The van der Waals surface area contributed by atoms with Crippen LogP contribution in [0.4, 0.5) is 0 Å². The Labute approximate surface area is 78.6 Å². The van der Waals surface area contributed by atoms with Crippen molar-refractivity contribution in [2.75, 3.05) is 6.61 Å². The van der Waals surface area contributed by atoms with Crippen molar-refractivity contribution in [3.63, 3.8) is 0 Å². The fourth-order valence-corrected chi connectivity index (χ4v) is 2.44. The molecule has 0 aromatic carbocycles. The van der Waals surface area contributed by atoms with Gasteiger partial charge in [-0.25, -0.2) is 0 Å². The molecule has 2 atom stereocenters. The first kappa shape index (κ1) is 8.88. The first-order chi connectivity index (χ1) is 6.11. The molecule has 0 bridgehead atoms. The van der Waals surface area contributed by atoms with Crippen LogP contribution in [0.25, 0.3) is 0 Å². The summed E-state index contributed by atoms with van der Waals surface area (Å²) in [5, 5.41) is 18.0. The van der Waals surface area contributed by atoms with Crippen molar-refractivity contribution >= 4 is 0 Å². The van der Waals surface area contributed by atoms with E-state index in [4.69, 9.17) is 0 Å². The van der Waals surface area contributed by atoms with Crippen LogP contribution in [0.2, 0.25) is 0 Å². The zero-order valence-corrected chi connectivity index (χ0v) is 8.20. The average Bonchev–Trinajstić information content (AvgIpc) is 2.41. The smallest absolute Gasteiger partial charge is 0.113 e. The molecule has 0 aromatic heterocycles. The summed E-state index contributed by atoms with van der Waals surface area (Å²) in [6, 6.07) is 0. The first-order valence-corrected chi connectivity index (χ1v) is 4.81. The quantitative estimate of drug-likeness (QED) is 0.616. The van der Waals surface area contributed by atoms with Gasteiger partial charge in [0.1, 0.15) is 5.54 Å². The van der Waals surface area contributed by atoms with E-state index in [0.29, 0.717) is 5.92 Å². The van der Waals surface area contributed by atoms with Gasteiger partial charge >= 0.3 is 0 Å². The van der Waals surface area contributed by atoms with E-state index in [1.807, 2.05) is 0 Å². The molecule has 13 heavy (non-hydrogen) atoms. The SMILES string of the molecule is CC1(C)N=N[C@]2(CO)CC=CC[C@H]12. The van der Waals surface area contributed by atoms with Gasteiger partial charge in [0.2, 0.25) is 0 Å². The highest BCUT2D eigenvalue weighted by atomic mass is 16.3. The van der Waals surface area contributed by atoms with E-state index in [-0.39, 0.29) is 17.7 Å². The molecule has 1 aliphatic heterocycles. The van der Waals surface area contributed by atoms with E-state index in [1.54, 1.807) is 0 Å². The lowest BCUT2D eigenvalue weighted by Gasteiger charge is -2.36. The predicted molar refractivity (Wildman–Crippen MR) is 50.6 cm³/mol. The molecule has 3 nitrogen and oxygen atoms in total. The Morgan fingerprint density at radius 1 is 1.38 bits per heavy atom. The second-order valence-electron chi connectivity index (χ2n) is 4.58. The van der Waals surface area contributed by atoms with E-state index in [9.17, 15) is 5.11 Å². The minimum absolute atomic E-state index is 0.104. The van der Waals surface area contributed by atoms with Crippen LogP contribution in [-0.4, -0.2) is 22.8 Å². The van der Waals surface area contributed by atoms with E-state index in [1.165, 1.54) is 0 Å². The molecule has 1 aliphatic carbocycles. The van der Waals surface area contributed by atoms with Crippen LogP contribution in [0, 0.1) is 5.92 Å². The lowest BCUT2D eigenvalue weighted by molar-refractivity contribution is 0.129. The highest BCUT2D eigenvalue weighted by Crippen LogP contribution is 2.46. The maximum Gasteiger partial charge on any atom is 0.113 e. The molecule has 0 fully saturated rings. The first-order valence-electron chi connectivity index (χ1n) is 4.81. The molecule has 0 aromatic rings. The van der Waals surface area contributed by atoms with E-state index >= 15 is 0 Å². The maximum absolute atomic E-state index is 9.40. The summed E-state index contributed by atoms with van der Waals surface area (Å²) in [5.74, 6) is 0.370. The van der Waals surface area contributed by atoms with Gasteiger partial charge < -0.3 is 5.11 Å². The minimum atomic E-state index is -0.307. The fourth-order valence-electron chi connectivity index (χ4n) is 2.44. The van der Waals surface area contributed by atoms with Crippen LogP contribution >= 0.6 is 0 Å². The molecule has 72 valence electrons. The largest absolute Gasteiger partial charge is 0.394 e. The normalized spacial score (nSPS) is 40.7. The van der Waals surface area contributed by atoms with Crippen LogP contribution in [0.1, 0.15) is 26.7 Å². The zero-order chi connectivity index (χ0) is 9.53. The molecular formula is C10H16N2O. The number of aliphatic hydroxyl groups excluding tert-OH is 1. The second kappa shape index (κ2) is 2.64. The van der Waals surface area contributed by atoms with Crippen molar-refractivity contribution in [2.24, 2.45) is 16.1 Å².